The lowest BCUT2D eigenvalue weighted by molar-refractivity contribution is 0.750. The number of nitrogen functional groups attached to an aromatic ring is 1. The van der Waals surface area contributed by atoms with Crippen LogP contribution in [0.15, 0.2) is 30.6 Å². The predicted molar refractivity (Wildman–Crippen MR) is 95.2 cm³/mol. The number of fused-ring (bicyclic) bond motifs is 1. The van der Waals surface area contributed by atoms with Gasteiger partial charge < -0.3 is 16.4 Å². The topological polar surface area (TPSA) is 88.8 Å². The summed E-state index contributed by atoms with van der Waals surface area (Å²) >= 11 is 1.58. The monoisotopic (exact) mass is 326 g/mol. The van der Waals surface area contributed by atoms with Crippen LogP contribution < -0.4 is 16.4 Å². The Balaban J connectivity index is 1.58. The lowest BCUT2D eigenvalue weighted by atomic mass is 10.2. The first kappa shape index (κ1) is 14.2. The maximum absolute atomic E-state index is 6.23. The molecule has 0 bridgehead atoms. The molecular formula is C16H18N6S. The summed E-state index contributed by atoms with van der Waals surface area (Å²) in [5, 5.41) is 7.43. The minimum absolute atomic E-state index is 0.461. The molecule has 7 heteroatoms. The van der Waals surface area contributed by atoms with Gasteiger partial charge in [-0.25, -0.2) is 15.0 Å². The van der Waals surface area contributed by atoms with Crippen LogP contribution in [-0.2, 0) is 0 Å². The minimum atomic E-state index is 0.461. The van der Waals surface area contributed by atoms with E-state index in [1.165, 1.54) is 32.0 Å². The Morgan fingerprint density at radius 1 is 1.09 bits per heavy atom. The van der Waals surface area contributed by atoms with E-state index in [-0.39, 0.29) is 0 Å². The number of hydrogen-bond acceptors (Lipinski definition) is 7. The third-order valence-electron chi connectivity index (χ3n) is 4.10. The number of nitrogens with two attached hydrogens (primary N) is 1. The molecular weight excluding hydrogens is 308 g/mol. The van der Waals surface area contributed by atoms with Crippen molar-refractivity contribution in [2.75, 3.05) is 16.4 Å². The summed E-state index contributed by atoms with van der Waals surface area (Å²) < 4.78 is 1.13. The molecule has 0 radical (unpaired) electrons. The molecule has 0 aliphatic heterocycles. The van der Waals surface area contributed by atoms with Crippen molar-refractivity contribution >= 4 is 44.0 Å². The van der Waals surface area contributed by atoms with E-state index in [0.717, 1.165) is 15.3 Å². The average Bonchev–Trinajstić information content (AvgIpc) is 3.20. The van der Waals surface area contributed by atoms with E-state index in [1.54, 1.807) is 11.3 Å². The Kier molecular flexibility index (Phi) is 3.70. The van der Waals surface area contributed by atoms with Gasteiger partial charge in [0.2, 0.25) is 0 Å². The number of thiazole rings is 1. The smallest absolute Gasteiger partial charge is 0.189 e. The highest BCUT2D eigenvalue weighted by Gasteiger charge is 2.18. The zero-order valence-electron chi connectivity index (χ0n) is 12.6. The second-order valence-electron chi connectivity index (χ2n) is 5.72. The van der Waals surface area contributed by atoms with Gasteiger partial charge in [0.05, 0.1) is 10.2 Å². The highest BCUT2D eigenvalue weighted by Crippen LogP contribution is 2.32. The fourth-order valence-electron chi connectivity index (χ4n) is 2.90. The maximum Gasteiger partial charge on any atom is 0.189 e. The Morgan fingerprint density at radius 3 is 2.70 bits per heavy atom. The summed E-state index contributed by atoms with van der Waals surface area (Å²) in [5.74, 6) is 1.30. The Hall–Kier alpha value is -2.41. The molecule has 4 rings (SSSR count). The fourth-order valence-corrected chi connectivity index (χ4v) is 3.77. The zero-order chi connectivity index (χ0) is 15.6. The van der Waals surface area contributed by atoms with Crippen LogP contribution in [0.3, 0.4) is 0 Å². The highest BCUT2D eigenvalue weighted by atomic mass is 32.1. The molecule has 118 valence electrons. The van der Waals surface area contributed by atoms with Gasteiger partial charge in [0.25, 0.3) is 0 Å². The summed E-state index contributed by atoms with van der Waals surface area (Å²) in [4.78, 5) is 13.1. The third kappa shape index (κ3) is 2.92. The molecule has 0 saturated heterocycles. The van der Waals surface area contributed by atoms with Crippen molar-refractivity contribution in [1.82, 2.24) is 15.0 Å². The lowest BCUT2D eigenvalue weighted by Gasteiger charge is -2.15. The van der Waals surface area contributed by atoms with Gasteiger partial charge in [-0.2, -0.15) is 0 Å². The molecule has 2 aromatic heterocycles. The summed E-state index contributed by atoms with van der Waals surface area (Å²) in [6.07, 6.45) is 6.40. The van der Waals surface area contributed by atoms with Gasteiger partial charge in [0.1, 0.15) is 12.0 Å². The van der Waals surface area contributed by atoms with Crippen molar-refractivity contribution < 1.29 is 0 Å². The normalized spacial score (nSPS) is 15.1. The van der Waals surface area contributed by atoms with Crippen molar-refractivity contribution in [3.8, 4) is 0 Å². The summed E-state index contributed by atoms with van der Waals surface area (Å²) in [6, 6.07) is 8.49. The molecule has 1 fully saturated rings. The summed E-state index contributed by atoms with van der Waals surface area (Å²) in [6.45, 7) is 0. The van der Waals surface area contributed by atoms with Crippen LogP contribution in [0, 0.1) is 0 Å². The van der Waals surface area contributed by atoms with E-state index in [1.807, 2.05) is 18.2 Å². The number of rotatable bonds is 4. The molecule has 2 heterocycles. The second-order valence-corrected chi connectivity index (χ2v) is 6.75. The largest absolute Gasteiger partial charge is 0.393 e. The first-order valence-electron chi connectivity index (χ1n) is 7.79. The molecule has 6 nitrogen and oxygen atoms in total. The van der Waals surface area contributed by atoms with E-state index in [9.17, 15) is 0 Å². The van der Waals surface area contributed by atoms with Crippen LogP contribution in [-0.4, -0.2) is 21.0 Å². The molecule has 23 heavy (non-hydrogen) atoms. The second kappa shape index (κ2) is 6.00. The Bertz CT molecular complexity index is 791. The number of hydrogen-bond donors (Lipinski definition) is 3. The van der Waals surface area contributed by atoms with Crippen LogP contribution in [0.2, 0.25) is 0 Å². The van der Waals surface area contributed by atoms with Gasteiger partial charge in [0.15, 0.2) is 16.8 Å². The van der Waals surface area contributed by atoms with Crippen LogP contribution in [0.25, 0.3) is 10.2 Å². The van der Waals surface area contributed by atoms with Gasteiger partial charge >= 0.3 is 0 Å². The molecule has 1 aliphatic carbocycles. The molecule has 1 aliphatic rings. The number of nitrogens with one attached hydrogen (secondary N) is 2. The number of para-hydroxylation sites is 1. The van der Waals surface area contributed by atoms with E-state index in [4.69, 9.17) is 5.73 Å². The first-order chi connectivity index (χ1) is 11.3. The van der Waals surface area contributed by atoms with Crippen LogP contribution >= 0.6 is 11.3 Å². The molecule has 0 unspecified atom stereocenters. The SMILES string of the molecule is Nc1c(Nc2nc3ccccc3s2)ncnc1NC1CCCC1. The van der Waals surface area contributed by atoms with Crippen LogP contribution in [0.1, 0.15) is 25.7 Å². The van der Waals surface area contributed by atoms with Gasteiger partial charge in [-0.05, 0) is 25.0 Å². The maximum atomic E-state index is 6.23. The summed E-state index contributed by atoms with van der Waals surface area (Å²) in [7, 11) is 0. The molecule has 1 aromatic carbocycles. The van der Waals surface area contributed by atoms with Crippen LogP contribution in [0.5, 0.6) is 0 Å². The van der Waals surface area contributed by atoms with E-state index in [2.05, 4.69) is 31.7 Å². The number of anilines is 4. The van der Waals surface area contributed by atoms with E-state index < -0.39 is 0 Å². The van der Waals surface area contributed by atoms with Crippen molar-refractivity contribution in [3.63, 3.8) is 0 Å². The molecule has 0 spiro atoms. The molecule has 1 saturated carbocycles. The van der Waals surface area contributed by atoms with Gasteiger partial charge in [0, 0.05) is 6.04 Å². The molecule has 4 N–H and O–H groups in total. The van der Waals surface area contributed by atoms with Crippen LogP contribution in [0.4, 0.5) is 22.5 Å². The van der Waals surface area contributed by atoms with Crippen molar-refractivity contribution in [2.45, 2.75) is 31.7 Å². The van der Waals surface area contributed by atoms with Crippen molar-refractivity contribution in [3.05, 3.63) is 30.6 Å². The number of aromatic nitrogens is 3. The molecule has 0 atom stereocenters. The Labute approximate surface area is 138 Å². The average molecular weight is 326 g/mol. The summed E-state index contributed by atoms with van der Waals surface area (Å²) in [5.41, 5.74) is 7.74. The van der Waals surface area contributed by atoms with E-state index >= 15 is 0 Å². The van der Waals surface area contributed by atoms with Crippen molar-refractivity contribution in [2.24, 2.45) is 0 Å². The predicted octanol–water partition coefficient (Wildman–Crippen LogP) is 3.77. The first-order valence-corrected chi connectivity index (χ1v) is 8.61. The standard InChI is InChI=1S/C16H18N6S/c17-13-14(20-10-5-1-2-6-10)18-9-19-15(13)22-16-21-11-7-3-4-8-12(11)23-16/h3-4,7-10H,1-2,5-6,17H2,(H2,18,19,20,21,22). The van der Waals surface area contributed by atoms with Gasteiger partial charge in [-0.1, -0.05) is 36.3 Å². The Morgan fingerprint density at radius 2 is 1.87 bits per heavy atom. The highest BCUT2D eigenvalue weighted by molar-refractivity contribution is 7.22. The van der Waals surface area contributed by atoms with Gasteiger partial charge in [-0.15, -0.1) is 0 Å². The number of nitrogens with zero attached hydrogens (tertiary/aromatic N) is 3. The van der Waals surface area contributed by atoms with Crippen molar-refractivity contribution in [1.29, 1.82) is 0 Å². The lowest BCUT2D eigenvalue weighted by Crippen LogP contribution is -2.17. The third-order valence-corrected chi connectivity index (χ3v) is 5.05. The van der Waals surface area contributed by atoms with E-state index in [0.29, 0.717) is 23.4 Å². The van der Waals surface area contributed by atoms with Gasteiger partial charge in [-0.3, -0.25) is 0 Å². The minimum Gasteiger partial charge on any atom is -0.393 e. The zero-order valence-corrected chi connectivity index (χ0v) is 13.4. The fraction of sp³-hybridized carbons (Fsp3) is 0.312. The number of benzene rings is 1. The molecule has 3 aromatic rings. The quantitative estimate of drug-likeness (QED) is 0.676. The molecule has 0 amide bonds.